The van der Waals surface area contributed by atoms with E-state index in [1.165, 1.54) is 4.90 Å². The van der Waals surface area contributed by atoms with E-state index in [4.69, 9.17) is 10.5 Å². The number of sulfone groups is 1. The number of nitrogens with one attached hydrogen (secondary N) is 1. The molecule has 1 aliphatic rings. The number of nitrogens with zero attached hydrogens (tertiary/aromatic N) is 1. The summed E-state index contributed by atoms with van der Waals surface area (Å²) >= 11 is 0. The number of nitrogens with two attached hydrogens (primary N) is 1. The average Bonchev–Trinajstić information content (AvgIpc) is 3.79. The second kappa shape index (κ2) is 16.1. The summed E-state index contributed by atoms with van der Waals surface area (Å²) in [6.45, 7) is 3.46. The fourth-order valence-corrected chi connectivity index (χ4v) is 7.23. The lowest BCUT2D eigenvalue weighted by Crippen LogP contribution is -2.56. The van der Waals surface area contributed by atoms with Crippen LogP contribution in [-0.4, -0.2) is 72.2 Å². The van der Waals surface area contributed by atoms with Crippen LogP contribution in [0.2, 0.25) is 0 Å². The van der Waals surface area contributed by atoms with E-state index in [1.54, 1.807) is 24.3 Å². The number of alkyl carbamates (subject to hydrolysis) is 1. The first-order valence-corrected chi connectivity index (χ1v) is 16.5. The molecule has 3 rings (SSSR count). The van der Waals surface area contributed by atoms with Crippen molar-refractivity contribution in [2.75, 3.05) is 12.3 Å². The molecule has 43 heavy (non-hydrogen) atoms. The smallest absolute Gasteiger partial charge is 0.408 e. The van der Waals surface area contributed by atoms with E-state index in [0.29, 0.717) is 44.1 Å². The summed E-state index contributed by atoms with van der Waals surface area (Å²) in [5.41, 5.74) is 7.12. The SMILES string of the molecule is CCCC(CCC)S(=O)(=O)CC(NC(=O)OCc1ccccc1)C(=O)N(C[C@@H](O)C(N)Cc1cc(F)cc(F)c1)C1CC1. The quantitative estimate of drug-likeness (QED) is 0.243. The van der Waals surface area contributed by atoms with E-state index in [9.17, 15) is 31.9 Å². The molecule has 2 unspecified atom stereocenters. The molecule has 3 atom stereocenters. The number of ether oxygens (including phenoxy) is 1. The lowest BCUT2D eigenvalue weighted by Gasteiger charge is -2.32. The van der Waals surface area contributed by atoms with Gasteiger partial charge in [-0.05, 0) is 55.4 Å². The molecule has 2 aromatic rings. The summed E-state index contributed by atoms with van der Waals surface area (Å²) in [5, 5.41) is 12.7. The van der Waals surface area contributed by atoms with Crippen molar-refractivity contribution < 1.29 is 36.6 Å². The van der Waals surface area contributed by atoms with Gasteiger partial charge in [0.15, 0.2) is 9.84 Å². The first-order chi connectivity index (χ1) is 20.4. The number of hydrogen-bond acceptors (Lipinski definition) is 7. The largest absolute Gasteiger partial charge is 0.445 e. The molecule has 1 aliphatic carbocycles. The fourth-order valence-electron chi connectivity index (χ4n) is 5.08. The van der Waals surface area contributed by atoms with Gasteiger partial charge in [-0.25, -0.2) is 22.0 Å². The number of aliphatic hydroxyl groups is 1. The molecule has 1 saturated carbocycles. The van der Waals surface area contributed by atoms with Crippen molar-refractivity contribution >= 4 is 21.8 Å². The Hall–Kier alpha value is -3.09. The molecule has 1 fully saturated rings. The van der Waals surface area contributed by atoms with Crippen LogP contribution < -0.4 is 11.1 Å². The zero-order valence-corrected chi connectivity index (χ0v) is 25.6. The number of carbonyl (C=O) groups excluding carboxylic acids is 2. The van der Waals surface area contributed by atoms with Crippen molar-refractivity contribution in [2.45, 2.75) is 94.9 Å². The van der Waals surface area contributed by atoms with Gasteiger partial charge in [0.2, 0.25) is 5.91 Å². The molecule has 238 valence electrons. The van der Waals surface area contributed by atoms with Crippen LogP contribution in [0.1, 0.15) is 63.5 Å². The Labute approximate surface area is 252 Å². The molecule has 0 saturated heterocycles. The highest BCUT2D eigenvalue weighted by Crippen LogP contribution is 2.29. The van der Waals surface area contributed by atoms with Gasteiger partial charge in [0, 0.05) is 24.7 Å². The van der Waals surface area contributed by atoms with Gasteiger partial charge in [-0.15, -0.1) is 0 Å². The number of halogens is 2. The first kappa shape index (κ1) is 34.4. The van der Waals surface area contributed by atoms with E-state index < -0.39 is 62.7 Å². The maximum absolute atomic E-state index is 13.9. The second-order valence-corrected chi connectivity index (χ2v) is 13.5. The van der Waals surface area contributed by atoms with Gasteiger partial charge in [-0.2, -0.15) is 0 Å². The van der Waals surface area contributed by atoms with E-state index in [1.807, 2.05) is 19.9 Å². The Morgan fingerprint density at radius 2 is 1.65 bits per heavy atom. The molecule has 0 heterocycles. The van der Waals surface area contributed by atoms with Gasteiger partial charge < -0.3 is 25.8 Å². The molecular weight excluding hydrogens is 580 g/mol. The Balaban J connectivity index is 1.78. The molecular formula is C31H43F2N3O6S. The monoisotopic (exact) mass is 623 g/mol. The number of aliphatic hydroxyl groups excluding tert-OH is 1. The van der Waals surface area contributed by atoms with E-state index in [2.05, 4.69) is 5.32 Å². The molecule has 2 aromatic carbocycles. The summed E-state index contributed by atoms with van der Waals surface area (Å²) in [7, 11) is -3.81. The Bertz CT molecular complexity index is 1280. The minimum atomic E-state index is -3.81. The third-order valence-corrected chi connectivity index (χ3v) is 9.76. The minimum absolute atomic E-state index is 0.0554. The molecule has 4 N–H and O–H groups in total. The van der Waals surface area contributed by atoms with Crippen LogP contribution in [-0.2, 0) is 32.4 Å². The molecule has 0 radical (unpaired) electrons. The molecule has 0 bridgehead atoms. The van der Waals surface area contributed by atoms with Crippen molar-refractivity contribution in [1.29, 1.82) is 0 Å². The minimum Gasteiger partial charge on any atom is -0.445 e. The van der Waals surface area contributed by atoms with E-state index >= 15 is 0 Å². The van der Waals surface area contributed by atoms with Gasteiger partial charge in [0.1, 0.15) is 24.3 Å². The van der Waals surface area contributed by atoms with Crippen LogP contribution in [0.3, 0.4) is 0 Å². The highest BCUT2D eigenvalue weighted by Gasteiger charge is 2.41. The molecule has 0 aromatic heterocycles. The van der Waals surface area contributed by atoms with Gasteiger partial charge in [0.05, 0.1) is 17.1 Å². The maximum atomic E-state index is 13.9. The van der Waals surface area contributed by atoms with E-state index in [-0.39, 0.29) is 31.2 Å². The highest BCUT2D eigenvalue weighted by atomic mass is 32.2. The van der Waals surface area contributed by atoms with Crippen molar-refractivity contribution in [3.8, 4) is 0 Å². The van der Waals surface area contributed by atoms with Crippen molar-refractivity contribution in [3.63, 3.8) is 0 Å². The van der Waals surface area contributed by atoms with Gasteiger partial charge in [-0.1, -0.05) is 57.0 Å². The second-order valence-electron chi connectivity index (χ2n) is 11.2. The highest BCUT2D eigenvalue weighted by molar-refractivity contribution is 7.92. The van der Waals surface area contributed by atoms with Crippen LogP contribution in [0.15, 0.2) is 48.5 Å². The summed E-state index contributed by atoms with van der Waals surface area (Å²) < 4.78 is 59.6. The van der Waals surface area contributed by atoms with Crippen LogP contribution >= 0.6 is 0 Å². The van der Waals surface area contributed by atoms with Gasteiger partial charge >= 0.3 is 6.09 Å². The van der Waals surface area contributed by atoms with Crippen LogP contribution in [0.4, 0.5) is 13.6 Å². The Morgan fingerprint density at radius 3 is 2.21 bits per heavy atom. The number of hydrogen-bond donors (Lipinski definition) is 3. The predicted octanol–water partition coefficient (Wildman–Crippen LogP) is 3.87. The van der Waals surface area contributed by atoms with Crippen molar-refractivity contribution in [2.24, 2.45) is 5.73 Å². The van der Waals surface area contributed by atoms with Crippen LogP contribution in [0.25, 0.3) is 0 Å². The number of rotatable bonds is 17. The van der Waals surface area contributed by atoms with Crippen LogP contribution in [0, 0.1) is 11.6 Å². The lowest BCUT2D eigenvalue weighted by molar-refractivity contribution is -0.135. The normalized spacial score (nSPS) is 15.5. The molecule has 0 spiro atoms. The van der Waals surface area contributed by atoms with Crippen molar-refractivity contribution in [3.05, 3.63) is 71.3 Å². The standard InChI is InChI=1S/C31H43F2N3O6S/c1-3-8-26(9-4-2)43(40,41)20-28(35-31(39)42-19-21-10-6-5-7-11-21)30(38)36(25-12-13-25)18-29(37)27(34)16-22-14-23(32)17-24(33)15-22/h5-7,10-11,14-15,17,25-29,37H,3-4,8-9,12-13,16,18-20,34H2,1-2H3,(H,35,39)/t27?,28?,29-/m1/s1. The number of amides is 2. The zero-order chi connectivity index (χ0) is 31.6. The first-order valence-electron chi connectivity index (χ1n) is 14.8. The third-order valence-electron chi connectivity index (χ3n) is 7.47. The summed E-state index contributed by atoms with van der Waals surface area (Å²) in [5.74, 6) is -2.84. The third kappa shape index (κ3) is 10.8. The average molecular weight is 624 g/mol. The molecule has 9 nitrogen and oxygen atoms in total. The topological polar surface area (TPSA) is 139 Å². The number of benzene rings is 2. The molecule has 12 heteroatoms. The van der Waals surface area contributed by atoms with Crippen molar-refractivity contribution in [1.82, 2.24) is 10.2 Å². The Kier molecular flexibility index (Phi) is 12.9. The van der Waals surface area contributed by atoms with E-state index in [0.717, 1.165) is 18.2 Å². The molecule has 0 aliphatic heterocycles. The fraction of sp³-hybridized carbons (Fsp3) is 0.548. The number of carbonyl (C=O) groups is 2. The van der Waals surface area contributed by atoms with Crippen LogP contribution in [0.5, 0.6) is 0 Å². The zero-order valence-electron chi connectivity index (χ0n) is 24.8. The van der Waals surface area contributed by atoms with Gasteiger partial charge in [-0.3, -0.25) is 4.79 Å². The summed E-state index contributed by atoms with van der Waals surface area (Å²) in [4.78, 5) is 28.1. The lowest BCUT2D eigenvalue weighted by atomic mass is 10.0. The summed E-state index contributed by atoms with van der Waals surface area (Å²) in [6.07, 6.45) is 1.12. The van der Waals surface area contributed by atoms with Gasteiger partial charge in [0.25, 0.3) is 0 Å². The Morgan fingerprint density at radius 1 is 1.05 bits per heavy atom. The predicted molar refractivity (Wildman–Crippen MR) is 160 cm³/mol. The maximum Gasteiger partial charge on any atom is 0.408 e. The summed E-state index contributed by atoms with van der Waals surface area (Å²) in [6, 6.07) is 9.18. The molecule has 2 amide bonds.